The number of aliphatic hydroxyl groups excluding tert-OH is 1. The molecular weight excluding hydrogens is 278 g/mol. The van der Waals surface area contributed by atoms with Crippen LogP contribution in [0.5, 0.6) is 0 Å². The van der Waals surface area contributed by atoms with Crippen molar-refractivity contribution in [1.29, 1.82) is 0 Å². The standard InChI is InChI=1S/C17H25N3O2/c1-17(2,22)14-8-16-12(7-15(14)18)9-20(19-16)13-5-3-11(10-21)4-6-13/h7-9,11,13,21-22H,3-6,10,18H2,1-2H3. The van der Waals surface area contributed by atoms with Crippen LogP contribution in [-0.2, 0) is 5.60 Å². The molecule has 0 spiro atoms. The Morgan fingerprint density at radius 1 is 1.27 bits per heavy atom. The van der Waals surface area contributed by atoms with Gasteiger partial charge in [-0.15, -0.1) is 0 Å². The molecule has 5 nitrogen and oxygen atoms in total. The van der Waals surface area contributed by atoms with Crippen LogP contribution in [0.3, 0.4) is 0 Å². The molecule has 4 N–H and O–H groups in total. The number of hydrogen-bond acceptors (Lipinski definition) is 4. The third kappa shape index (κ3) is 2.83. The smallest absolute Gasteiger partial charge is 0.0928 e. The van der Waals surface area contributed by atoms with E-state index in [0.717, 1.165) is 36.6 Å². The van der Waals surface area contributed by atoms with E-state index in [9.17, 15) is 10.2 Å². The Morgan fingerprint density at radius 2 is 1.95 bits per heavy atom. The first-order valence-corrected chi connectivity index (χ1v) is 8.00. The Kier molecular flexibility index (Phi) is 3.87. The molecule has 0 radical (unpaired) electrons. The molecule has 0 amide bonds. The third-order valence-corrected chi connectivity index (χ3v) is 4.80. The van der Waals surface area contributed by atoms with Gasteiger partial charge in [0.15, 0.2) is 0 Å². The normalized spacial score (nSPS) is 23.1. The third-order valence-electron chi connectivity index (χ3n) is 4.80. The van der Waals surface area contributed by atoms with Gasteiger partial charge in [-0.25, -0.2) is 0 Å². The predicted octanol–water partition coefficient (Wildman–Crippen LogP) is 2.57. The molecule has 22 heavy (non-hydrogen) atoms. The van der Waals surface area contributed by atoms with Gasteiger partial charge < -0.3 is 15.9 Å². The summed E-state index contributed by atoms with van der Waals surface area (Å²) in [6.45, 7) is 3.76. The minimum Gasteiger partial charge on any atom is -0.398 e. The van der Waals surface area contributed by atoms with E-state index in [2.05, 4.69) is 0 Å². The Labute approximate surface area is 130 Å². The average Bonchev–Trinajstić information content (AvgIpc) is 2.88. The maximum Gasteiger partial charge on any atom is 0.0928 e. The van der Waals surface area contributed by atoms with Crippen LogP contribution in [0, 0.1) is 5.92 Å². The number of anilines is 1. The van der Waals surface area contributed by atoms with Gasteiger partial charge in [-0.2, -0.15) is 5.10 Å². The molecule has 1 aliphatic carbocycles. The molecule has 0 unspecified atom stereocenters. The number of hydrogen-bond donors (Lipinski definition) is 3. The summed E-state index contributed by atoms with van der Waals surface area (Å²) in [6, 6.07) is 4.17. The fraction of sp³-hybridized carbons (Fsp3) is 0.588. The van der Waals surface area contributed by atoms with Gasteiger partial charge in [0.05, 0.1) is 17.2 Å². The second-order valence-electron chi connectivity index (χ2n) is 7.02. The van der Waals surface area contributed by atoms with E-state index >= 15 is 0 Å². The number of nitrogens with two attached hydrogens (primary N) is 1. The Hall–Kier alpha value is -1.59. The topological polar surface area (TPSA) is 84.3 Å². The molecule has 1 saturated carbocycles. The summed E-state index contributed by atoms with van der Waals surface area (Å²) in [6.07, 6.45) is 6.24. The highest BCUT2D eigenvalue weighted by molar-refractivity contribution is 5.83. The highest BCUT2D eigenvalue weighted by Crippen LogP contribution is 2.34. The van der Waals surface area contributed by atoms with Crippen molar-refractivity contribution in [2.24, 2.45) is 5.92 Å². The van der Waals surface area contributed by atoms with Crippen molar-refractivity contribution in [3.8, 4) is 0 Å². The van der Waals surface area contributed by atoms with Crippen molar-refractivity contribution in [2.45, 2.75) is 51.2 Å². The van der Waals surface area contributed by atoms with Crippen LogP contribution in [0.2, 0.25) is 0 Å². The molecule has 1 fully saturated rings. The SMILES string of the molecule is CC(C)(O)c1cc2nn(C3CCC(CO)CC3)cc2cc1N. The zero-order chi connectivity index (χ0) is 15.9. The van der Waals surface area contributed by atoms with Crippen LogP contribution in [0.4, 0.5) is 5.69 Å². The quantitative estimate of drug-likeness (QED) is 0.761. The summed E-state index contributed by atoms with van der Waals surface area (Å²) in [7, 11) is 0. The lowest BCUT2D eigenvalue weighted by molar-refractivity contribution is 0.0795. The molecule has 0 bridgehead atoms. The molecule has 120 valence electrons. The number of nitrogen functional groups attached to an aromatic ring is 1. The molecule has 0 saturated heterocycles. The number of benzene rings is 1. The molecule has 0 aliphatic heterocycles. The Balaban J connectivity index is 1.90. The van der Waals surface area contributed by atoms with Gasteiger partial charge in [0.1, 0.15) is 0 Å². The summed E-state index contributed by atoms with van der Waals surface area (Å²) >= 11 is 0. The zero-order valence-electron chi connectivity index (χ0n) is 13.3. The Bertz CT molecular complexity index is 664. The van der Waals surface area contributed by atoms with Crippen LogP contribution >= 0.6 is 0 Å². The van der Waals surface area contributed by atoms with E-state index in [1.807, 2.05) is 23.0 Å². The second-order valence-corrected chi connectivity index (χ2v) is 7.02. The van der Waals surface area contributed by atoms with E-state index in [1.54, 1.807) is 13.8 Å². The van der Waals surface area contributed by atoms with Crippen molar-refractivity contribution >= 4 is 16.6 Å². The van der Waals surface area contributed by atoms with E-state index in [0.29, 0.717) is 29.8 Å². The molecule has 2 aromatic rings. The first kappa shape index (κ1) is 15.3. The van der Waals surface area contributed by atoms with E-state index < -0.39 is 5.60 Å². The van der Waals surface area contributed by atoms with Crippen molar-refractivity contribution in [1.82, 2.24) is 9.78 Å². The van der Waals surface area contributed by atoms with Crippen molar-refractivity contribution in [3.05, 3.63) is 23.9 Å². The number of aliphatic hydroxyl groups is 2. The number of rotatable bonds is 3. The van der Waals surface area contributed by atoms with Gasteiger partial charge in [-0.1, -0.05) is 0 Å². The zero-order valence-corrected chi connectivity index (χ0v) is 13.3. The maximum atomic E-state index is 10.2. The van der Waals surface area contributed by atoms with Gasteiger partial charge in [0.25, 0.3) is 0 Å². The lowest BCUT2D eigenvalue weighted by atomic mass is 9.87. The second kappa shape index (κ2) is 5.56. The van der Waals surface area contributed by atoms with Crippen molar-refractivity contribution < 1.29 is 10.2 Å². The largest absolute Gasteiger partial charge is 0.398 e. The summed E-state index contributed by atoms with van der Waals surface area (Å²) in [5, 5.41) is 25.1. The number of nitrogens with zero attached hydrogens (tertiary/aromatic N) is 2. The number of aromatic nitrogens is 2. The van der Waals surface area contributed by atoms with Gasteiger partial charge in [-0.3, -0.25) is 4.68 Å². The summed E-state index contributed by atoms with van der Waals surface area (Å²) in [5.41, 5.74) is 7.29. The molecule has 1 heterocycles. The fourth-order valence-electron chi connectivity index (χ4n) is 3.42. The van der Waals surface area contributed by atoms with Crippen LogP contribution in [0.1, 0.15) is 51.1 Å². The molecule has 1 aliphatic rings. The van der Waals surface area contributed by atoms with Crippen LogP contribution in [0.25, 0.3) is 10.9 Å². The average molecular weight is 303 g/mol. The molecule has 1 aromatic heterocycles. The van der Waals surface area contributed by atoms with E-state index in [1.165, 1.54) is 0 Å². The van der Waals surface area contributed by atoms with Crippen LogP contribution in [-0.4, -0.2) is 26.6 Å². The first-order valence-electron chi connectivity index (χ1n) is 8.00. The van der Waals surface area contributed by atoms with Gasteiger partial charge in [0.2, 0.25) is 0 Å². The monoisotopic (exact) mass is 303 g/mol. The Morgan fingerprint density at radius 3 is 2.55 bits per heavy atom. The van der Waals surface area contributed by atoms with E-state index in [4.69, 9.17) is 10.8 Å². The summed E-state index contributed by atoms with van der Waals surface area (Å²) < 4.78 is 2.03. The molecule has 3 rings (SSSR count). The van der Waals surface area contributed by atoms with Gasteiger partial charge in [-0.05, 0) is 57.6 Å². The number of fused-ring (bicyclic) bond motifs is 1. The van der Waals surface area contributed by atoms with Crippen LogP contribution < -0.4 is 5.73 Å². The van der Waals surface area contributed by atoms with E-state index in [-0.39, 0.29) is 0 Å². The highest BCUT2D eigenvalue weighted by atomic mass is 16.3. The molecule has 1 aromatic carbocycles. The maximum absolute atomic E-state index is 10.2. The van der Waals surface area contributed by atoms with Gasteiger partial charge >= 0.3 is 0 Å². The van der Waals surface area contributed by atoms with Crippen molar-refractivity contribution in [2.75, 3.05) is 12.3 Å². The molecular formula is C17H25N3O2. The lowest BCUT2D eigenvalue weighted by Gasteiger charge is -2.27. The first-order chi connectivity index (χ1) is 10.4. The minimum atomic E-state index is -0.971. The molecule has 5 heteroatoms. The molecule has 0 atom stereocenters. The van der Waals surface area contributed by atoms with Crippen molar-refractivity contribution in [3.63, 3.8) is 0 Å². The summed E-state index contributed by atoms with van der Waals surface area (Å²) in [5.74, 6) is 0.443. The van der Waals surface area contributed by atoms with Gasteiger partial charge in [0, 0.05) is 29.4 Å². The summed E-state index contributed by atoms with van der Waals surface area (Å²) in [4.78, 5) is 0. The van der Waals surface area contributed by atoms with Crippen LogP contribution in [0.15, 0.2) is 18.3 Å². The minimum absolute atomic E-state index is 0.291. The highest BCUT2D eigenvalue weighted by Gasteiger charge is 2.24. The predicted molar refractivity (Wildman–Crippen MR) is 87.5 cm³/mol. The fourth-order valence-corrected chi connectivity index (χ4v) is 3.42. The lowest BCUT2D eigenvalue weighted by Crippen LogP contribution is -2.20.